The lowest BCUT2D eigenvalue weighted by molar-refractivity contribution is -0.176. The number of benzene rings is 1. The lowest BCUT2D eigenvalue weighted by atomic mass is 10.1. The normalized spacial score (nSPS) is 17.6. The number of carbonyl (C=O) groups is 1. The van der Waals surface area contributed by atoms with Crippen LogP contribution in [0.25, 0.3) is 0 Å². The Morgan fingerprint density at radius 2 is 1.94 bits per heavy atom. The van der Waals surface area contributed by atoms with Gasteiger partial charge in [-0.3, -0.25) is 9.78 Å². The molecule has 12 heteroatoms. The molecule has 0 radical (unpaired) electrons. The molecule has 1 aromatic heterocycles. The van der Waals surface area contributed by atoms with Crippen LogP contribution in [0.15, 0.2) is 60.0 Å². The lowest BCUT2D eigenvalue weighted by Gasteiger charge is -2.36. The van der Waals surface area contributed by atoms with E-state index in [1.165, 1.54) is 26.6 Å². The number of pyridine rings is 1. The van der Waals surface area contributed by atoms with E-state index >= 15 is 0 Å². The van der Waals surface area contributed by atoms with Crippen LogP contribution in [-0.4, -0.2) is 79.4 Å². The zero-order valence-electron chi connectivity index (χ0n) is 19.9. The first-order valence-corrected chi connectivity index (χ1v) is 11.0. The first-order valence-electron chi connectivity index (χ1n) is 11.0. The van der Waals surface area contributed by atoms with Gasteiger partial charge in [0, 0.05) is 49.9 Å². The van der Waals surface area contributed by atoms with Crippen molar-refractivity contribution in [2.24, 2.45) is 10.7 Å². The number of alkyl halides is 3. The number of hydrogen-bond acceptors (Lipinski definition) is 8. The van der Waals surface area contributed by atoms with E-state index in [-0.39, 0.29) is 6.54 Å². The number of amides is 1. The number of primary amides is 1. The molecule has 0 bridgehead atoms. The lowest BCUT2D eigenvalue weighted by Crippen LogP contribution is -2.47. The molecular formula is C24H28F3N5O4. The van der Waals surface area contributed by atoms with Crippen molar-refractivity contribution in [3.63, 3.8) is 0 Å². The van der Waals surface area contributed by atoms with E-state index in [4.69, 9.17) is 19.9 Å². The van der Waals surface area contributed by atoms with E-state index in [9.17, 15) is 18.0 Å². The van der Waals surface area contributed by atoms with Crippen LogP contribution in [0.5, 0.6) is 11.5 Å². The molecule has 2 aliphatic heterocycles. The summed E-state index contributed by atoms with van der Waals surface area (Å²) >= 11 is 0. The van der Waals surface area contributed by atoms with Gasteiger partial charge < -0.3 is 29.7 Å². The predicted molar refractivity (Wildman–Crippen MR) is 127 cm³/mol. The van der Waals surface area contributed by atoms with Crippen molar-refractivity contribution in [3.05, 3.63) is 66.1 Å². The van der Waals surface area contributed by atoms with Gasteiger partial charge in [-0.05, 0) is 30.3 Å². The van der Waals surface area contributed by atoms with Gasteiger partial charge >= 0.3 is 6.18 Å². The monoisotopic (exact) mass is 507 g/mol. The summed E-state index contributed by atoms with van der Waals surface area (Å²) in [6.45, 7) is 2.03. The first kappa shape index (κ1) is 26.8. The summed E-state index contributed by atoms with van der Waals surface area (Å²) < 4.78 is 56.7. The number of ether oxygens (including phenoxy) is 3. The summed E-state index contributed by atoms with van der Waals surface area (Å²) in [5, 5.41) is 0. The van der Waals surface area contributed by atoms with Crippen molar-refractivity contribution in [1.82, 2.24) is 14.8 Å². The smallest absolute Gasteiger partial charge is 0.429 e. The highest BCUT2D eigenvalue weighted by molar-refractivity contribution is 5.93. The molecule has 2 N–H and O–H groups in total. The van der Waals surface area contributed by atoms with Gasteiger partial charge in [-0.2, -0.15) is 13.2 Å². The number of nitrogens with two attached hydrogens (primary N) is 1. The maximum atomic E-state index is 13.7. The number of morpholine rings is 1. The molecule has 3 heterocycles. The zero-order valence-corrected chi connectivity index (χ0v) is 19.9. The second-order valence-electron chi connectivity index (χ2n) is 7.77. The van der Waals surface area contributed by atoms with Gasteiger partial charge in [-0.1, -0.05) is 0 Å². The third kappa shape index (κ3) is 7.11. The Labute approximate surface area is 207 Å². The molecule has 1 atom stereocenters. The second kappa shape index (κ2) is 12.2. The number of nitrogens with zero attached hydrogens (tertiary/aromatic N) is 4. The third-order valence-corrected chi connectivity index (χ3v) is 5.40. The molecule has 1 saturated heterocycles. The van der Waals surface area contributed by atoms with Gasteiger partial charge in [0.25, 0.3) is 0 Å². The van der Waals surface area contributed by atoms with E-state index in [0.29, 0.717) is 54.8 Å². The molecule has 9 nitrogen and oxygen atoms in total. The van der Waals surface area contributed by atoms with Crippen molar-refractivity contribution in [2.45, 2.75) is 18.9 Å². The quantitative estimate of drug-likeness (QED) is 0.664. The van der Waals surface area contributed by atoms with Crippen LogP contribution in [0.2, 0.25) is 0 Å². The van der Waals surface area contributed by atoms with Gasteiger partial charge in [0.1, 0.15) is 17.3 Å². The average molecular weight is 508 g/mol. The van der Waals surface area contributed by atoms with Crippen molar-refractivity contribution < 1.29 is 32.2 Å². The van der Waals surface area contributed by atoms with E-state index in [1.807, 2.05) is 4.90 Å². The zero-order chi connectivity index (χ0) is 26.1. The number of methoxy groups -OCH3 is 2. The maximum Gasteiger partial charge on any atom is 0.429 e. The fraction of sp³-hybridized carbons (Fsp3) is 0.375. The van der Waals surface area contributed by atoms with E-state index < -0.39 is 18.2 Å². The Balaban J connectivity index is 0.000000338. The number of aromatic nitrogens is 1. The van der Waals surface area contributed by atoms with Crippen LogP contribution in [0.4, 0.5) is 13.2 Å². The molecule has 0 spiro atoms. The number of carbonyl (C=O) groups excluding carboxylic acids is 1. The van der Waals surface area contributed by atoms with Gasteiger partial charge in [-0.25, -0.2) is 4.99 Å². The number of hydrogen-bond donors (Lipinski definition) is 1. The van der Waals surface area contributed by atoms with E-state index in [0.717, 1.165) is 4.90 Å². The van der Waals surface area contributed by atoms with Gasteiger partial charge in [0.05, 0.1) is 33.0 Å². The minimum atomic E-state index is -4.50. The highest BCUT2D eigenvalue weighted by atomic mass is 19.4. The van der Waals surface area contributed by atoms with Gasteiger partial charge in [-0.15, -0.1) is 0 Å². The number of aliphatic imine (C=N–C) groups is 1. The molecule has 1 fully saturated rings. The number of amidine groups is 1. The molecule has 1 aromatic carbocycles. The topological polar surface area (TPSA) is 103 Å². The fourth-order valence-corrected chi connectivity index (χ4v) is 3.55. The first-order chi connectivity index (χ1) is 17.2. The van der Waals surface area contributed by atoms with Crippen molar-refractivity contribution in [2.75, 3.05) is 40.5 Å². The molecule has 1 amide bonds. The molecule has 0 aliphatic carbocycles. The Morgan fingerprint density at radius 1 is 1.19 bits per heavy atom. The maximum absolute atomic E-state index is 13.7. The van der Waals surface area contributed by atoms with Crippen LogP contribution in [0.1, 0.15) is 15.9 Å². The molecule has 2 aliphatic rings. The summed E-state index contributed by atoms with van der Waals surface area (Å²) in [5.41, 5.74) is 5.99. The largest absolute Gasteiger partial charge is 0.497 e. The summed E-state index contributed by atoms with van der Waals surface area (Å²) in [4.78, 5) is 21.0. The molecule has 2 aromatic rings. The highest BCUT2D eigenvalue weighted by Crippen LogP contribution is 2.32. The number of rotatable bonds is 5. The van der Waals surface area contributed by atoms with E-state index in [2.05, 4.69) is 9.98 Å². The van der Waals surface area contributed by atoms with Gasteiger partial charge in [0.2, 0.25) is 12.1 Å². The van der Waals surface area contributed by atoms with Crippen molar-refractivity contribution >= 4 is 11.7 Å². The predicted octanol–water partition coefficient (Wildman–Crippen LogP) is 2.83. The van der Waals surface area contributed by atoms with Crippen LogP contribution in [0, 0.1) is 0 Å². The number of halogens is 3. The molecule has 36 heavy (non-hydrogen) atoms. The Kier molecular flexibility index (Phi) is 9.12. The average Bonchev–Trinajstić information content (AvgIpc) is 2.90. The van der Waals surface area contributed by atoms with Crippen LogP contribution >= 0.6 is 0 Å². The second-order valence-corrected chi connectivity index (χ2v) is 7.77. The van der Waals surface area contributed by atoms with Crippen molar-refractivity contribution in [3.8, 4) is 11.5 Å². The van der Waals surface area contributed by atoms with Crippen molar-refractivity contribution in [1.29, 1.82) is 0 Å². The minimum absolute atomic E-state index is 0.00767. The third-order valence-electron chi connectivity index (χ3n) is 5.40. The highest BCUT2D eigenvalue weighted by Gasteiger charge is 2.45. The Bertz CT molecular complexity index is 1070. The van der Waals surface area contributed by atoms with Crippen LogP contribution < -0.4 is 15.2 Å². The standard InChI is InChI=1S/C18H22F3N3O3.C6H6N2O/c1-25-14-4-3-13(15(11-14)26-2)12-24-6-5-16(22-17(24)18(19,20)21)23-7-9-27-10-8-23;7-6(9)5-2-1-3-8-4-5/h3-6,11,17H,7-10,12H2,1-2H3;1-4H,(H2,7,9). The Morgan fingerprint density at radius 3 is 2.50 bits per heavy atom. The minimum Gasteiger partial charge on any atom is -0.497 e. The van der Waals surface area contributed by atoms with Gasteiger partial charge in [0.15, 0.2) is 0 Å². The van der Waals surface area contributed by atoms with E-state index in [1.54, 1.807) is 42.6 Å². The molecular weight excluding hydrogens is 479 g/mol. The molecule has 4 rings (SSSR count). The summed E-state index contributed by atoms with van der Waals surface area (Å²) in [5.74, 6) is 0.929. The molecule has 0 saturated carbocycles. The SMILES string of the molecule is COc1ccc(CN2C=CC(N3CCOCC3)=NC2C(F)(F)F)c(OC)c1.NC(=O)c1cccnc1. The fourth-order valence-electron chi connectivity index (χ4n) is 3.55. The summed E-state index contributed by atoms with van der Waals surface area (Å²) in [7, 11) is 2.99. The summed E-state index contributed by atoms with van der Waals surface area (Å²) in [6, 6.07) is 8.32. The Hall–Kier alpha value is -3.80. The molecule has 194 valence electrons. The summed E-state index contributed by atoms with van der Waals surface area (Å²) in [6.07, 6.45) is -0.368. The van der Waals surface area contributed by atoms with Crippen LogP contribution in [0.3, 0.4) is 0 Å². The molecule has 1 unspecified atom stereocenters. The van der Waals surface area contributed by atoms with Crippen LogP contribution in [-0.2, 0) is 11.3 Å².